The van der Waals surface area contributed by atoms with Crippen molar-refractivity contribution in [3.63, 3.8) is 0 Å². The number of hydrogen-bond donors (Lipinski definition) is 0. The van der Waals surface area contributed by atoms with E-state index in [0.717, 1.165) is 25.2 Å². The molecule has 1 heterocycles. The van der Waals surface area contributed by atoms with Crippen molar-refractivity contribution >= 4 is 21.9 Å². The Kier molecular flexibility index (Phi) is 4.38. The van der Waals surface area contributed by atoms with Gasteiger partial charge in [-0.05, 0) is 59.2 Å². The monoisotopic (exact) mass is 311 g/mol. The van der Waals surface area contributed by atoms with Gasteiger partial charge < -0.3 is 4.74 Å². The number of pyridine rings is 1. The van der Waals surface area contributed by atoms with Crippen LogP contribution in [0.25, 0.3) is 0 Å². The molecule has 4 heteroatoms. The third-order valence-electron chi connectivity index (χ3n) is 3.75. The zero-order chi connectivity index (χ0) is 13.1. The summed E-state index contributed by atoms with van der Waals surface area (Å²) in [5, 5.41) is 0. The van der Waals surface area contributed by atoms with E-state index in [0.29, 0.717) is 16.2 Å². The largest absolute Gasteiger partial charge is 0.458 e. The van der Waals surface area contributed by atoms with E-state index in [1.165, 1.54) is 0 Å². The van der Waals surface area contributed by atoms with Gasteiger partial charge in [0.2, 0.25) is 0 Å². The fourth-order valence-corrected chi connectivity index (χ4v) is 2.68. The first kappa shape index (κ1) is 13.5. The Labute approximate surface area is 116 Å². The Bertz CT molecular complexity index is 436. The van der Waals surface area contributed by atoms with Gasteiger partial charge >= 0.3 is 5.97 Å². The van der Waals surface area contributed by atoms with Gasteiger partial charge in [0.25, 0.3) is 0 Å². The average Bonchev–Trinajstić information content (AvgIpc) is 2.34. The maximum atomic E-state index is 11.9. The summed E-state index contributed by atoms with van der Waals surface area (Å²) in [4.78, 5) is 16.1. The molecule has 98 valence electrons. The molecule has 0 spiro atoms. The van der Waals surface area contributed by atoms with Crippen LogP contribution in [0, 0.1) is 11.8 Å². The molecule has 3 nitrogen and oxygen atoms in total. The molecule has 0 bridgehead atoms. The molecule has 1 aromatic rings. The minimum Gasteiger partial charge on any atom is -0.458 e. The summed E-state index contributed by atoms with van der Waals surface area (Å²) >= 11 is 3.25. The first-order valence-electron chi connectivity index (χ1n) is 6.40. The van der Waals surface area contributed by atoms with E-state index >= 15 is 0 Å². The van der Waals surface area contributed by atoms with Crippen molar-refractivity contribution < 1.29 is 9.53 Å². The van der Waals surface area contributed by atoms with Crippen molar-refractivity contribution in [3.05, 3.63) is 28.5 Å². The maximum Gasteiger partial charge on any atom is 0.357 e. The van der Waals surface area contributed by atoms with E-state index in [1.54, 1.807) is 18.2 Å². The summed E-state index contributed by atoms with van der Waals surface area (Å²) in [5.74, 6) is 1.03. The molecule has 0 aliphatic heterocycles. The first-order chi connectivity index (χ1) is 8.56. The van der Waals surface area contributed by atoms with Crippen molar-refractivity contribution in [3.8, 4) is 0 Å². The molecule has 1 aliphatic carbocycles. The molecule has 1 fully saturated rings. The number of ether oxygens (including phenoxy) is 1. The highest BCUT2D eigenvalue weighted by molar-refractivity contribution is 9.10. The SMILES string of the molecule is CC1CCC(OC(=O)c2cccc(Br)n2)CC1C. The van der Waals surface area contributed by atoms with Crippen molar-refractivity contribution in [2.24, 2.45) is 11.8 Å². The van der Waals surface area contributed by atoms with Crippen LogP contribution in [-0.4, -0.2) is 17.1 Å². The molecule has 0 N–H and O–H groups in total. The third kappa shape index (κ3) is 3.31. The van der Waals surface area contributed by atoms with Crippen molar-refractivity contribution in [2.45, 2.75) is 39.2 Å². The van der Waals surface area contributed by atoms with Crippen LogP contribution in [0.1, 0.15) is 43.6 Å². The van der Waals surface area contributed by atoms with E-state index in [1.807, 2.05) is 0 Å². The second-order valence-electron chi connectivity index (χ2n) is 5.14. The van der Waals surface area contributed by atoms with Gasteiger partial charge in [-0.25, -0.2) is 9.78 Å². The van der Waals surface area contributed by atoms with Crippen molar-refractivity contribution in [2.75, 3.05) is 0 Å². The average molecular weight is 312 g/mol. The van der Waals surface area contributed by atoms with Crippen LogP contribution in [0.4, 0.5) is 0 Å². The molecule has 0 radical (unpaired) electrons. The van der Waals surface area contributed by atoms with Gasteiger partial charge in [-0.2, -0.15) is 0 Å². The summed E-state index contributed by atoms with van der Waals surface area (Å²) < 4.78 is 6.18. The number of hydrogen-bond acceptors (Lipinski definition) is 3. The summed E-state index contributed by atoms with van der Waals surface area (Å²) in [6.07, 6.45) is 3.10. The predicted octanol–water partition coefficient (Wildman–Crippen LogP) is 3.83. The van der Waals surface area contributed by atoms with E-state index in [4.69, 9.17) is 4.74 Å². The summed E-state index contributed by atoms with van der Waals surface area (Å²) in [7, 11) is 0. The van der Waals surface area contributed by atoms with Crippen LogP contribution in [0.3, 0.4) is 0 Å². The molecule has 3 unspecified atom stereocenters. The molecular formula is C14H18BrNO2. The highest BCUT2D eigenvalue weighted by Crippen LogP contribution is 2.31. The number of rotatable bonds is 2. The number of carbonyl (C=O) groups excluding carboxylic acids is 1. The Balaban J connectivity index is 1.96. The van der Waals surface area contributed by atoms with E-state index in [9.17, 15) is 4.79 Å². The molecule has 3 atom stereocenters. The lowest BCUT2D eigenvalue weighted by Gasteiger charge is -2.31. The van der Waals surface area contributed by atoms with Crippen LogP contribution in [0.15, 0.2) is 22.8 Å². The minimum absolute atomic E-state index is 0.0458. The number of nitrogens with zero attached hydrogens (tertiary/aromatic N) is 1. The molecule has 0 amide bonds. The molecule has 1 aliphatic rings. The maximum absolute atomic E-state index is 11.9. The Morgan fingerprint density at radius 3 is 2.78 bits per heavy atom. The number of esters is 1. The van der Waals surface area contributed by atoms with E-state index in [2.05, 4.69) is 34.8 Å². The lowest BCUT2D eigenvalue weighted by Crippen LogP contribution is -2.29. The normalized spacial score (nSPS) is 27.8. The van der Waals surface area contributed by atoms with Gasteiger partial charge in [0.1, 0.15) is 16.4 Å². The van der Waals surface area contributed by atoms with Gasteiger partial charge in [0, 0.05) is 0 Å². The first-order valence-corrected chi connectivity index (χ1v) is 7.19. The summed E-state index contributed by atoms with van der Waals surface area (Å²) in [6, 6.07) is 5.27. The highest BCUT2D eigenvalue weighted by Gasteiger charge is 2.27. The third-order valence-corrected chi connectivity index (χ3v) is 4.19. The van der Waals surface area contributed by atoms with Gasteiger partial charge in [0.05, 0.1) is 0 Å². The fourth-order valence-electron chi connectivity index (χ4n) is 2.34. The Hall–Kier alpha value is -0.900. The second kappa shape index (κ2) is 5.83. The van der Waals surface area contributed by atoms with Crippen LogP contribution in [0.2, 0.25) is 0 Å². The van der Waals surface area contributed by atoms with Crippen LogP contribution >= 0.6 is 15.9 Å². The lowest BCUT2D eigenvalue weighted by molar-refractivity contribution is 0.00816. The number of aromatic nitrogens is 1. The second-order valence-corrected chi connectivity index (χ2v) is 5.95. The lowest BCUT2D eigenvalue weighted by atomic mass is 9.80. The van der Waals surface area contributed by atoms with Crippen molar-refractivity contribution in [1.82, 2.24) is 4.98 Å². The topological polar surface area (TPSA) is 39.2 Å². The zero-order valence-corrected chi connectivity index (χ0v) is 12.3. The summed E-state index contributed by atoms with van der Waals surface area (Å²) in [5.41, 5.74) is 0.371. The minimum atomic E-state index is -0.317. The zero-order valence-electron chi connectivity index (χ0n) is 10.7. The number of carbonyl (C=O) groups is 1. The van der Waals surface area contributed by atoms with Gasteiger partial charge in [-0.1, -0.05) is 19.9 Å². The van der Waals surface area contributed by atoms with Crippen molar-refractivity contribution in [1.29, 1.82) is 0 Å². The number of halogens is 1. The molecule has 1 aromatic heterocycles. The molecule has 2 rings (SSSR count). The van der Waals surface area contributed by atoms with E-state index < -0.39 is 0 Å². The van der Waals surface area contributed by atoms with E-state index in [-0.39, 0.29) is 12.1 Å². The molecule has 1 saturated carbocycles. The fraction of sp³-hybridized carbons (Fsp3) is 0.571. The van der Waals surface area contributed by atoms with Crippen LogP contribution in [-0.2, 0) is 4.74 Å². The predicted molar refractivity (Wildman–Crippen MR) is 73.3 cm³/mol. The Morgan fingerprint density at radius 2 is 2.11 bits per heavy atom. The molecule has 18 heavy (non-hydrogen) atoms. The van der Waals surface area contributed by atoms with Gasteiger partial charge in [-0.3, -0.25) is 0 Å². The van der Waals surface area contributed by atoms with Crippen LogP contribution < -0.4 is 0 Å². The summed E-state index contributed by atoms with van der Waals surface area (Å²) in [6.45, 7) is 4.49. The standard InChI is InChI=1S/C14H18BrNO2/c1-9-6-7-11(8-10(9)2)18-14(17)12-4-3-5-13(15)16-12/h3-5,9-11H,6-8H2,1-2H3. The van der Waals surface area contributed by atoms with Gasteiger partial charge in [-0.15, -0.1) is 0 Å². The smallest absolute Gasteiger partial charge is 0.357 e. The van der Waals surface area contributed by atoms with Crippen LogP contribution in [0.5, 0.6) is 0 Å². The molecule has 0 saturated heterocycles. The Morgan fingerprint density at radius 1 is 1.33 bits per heavy atom. The molecular weight excluding hydrogens is 294 g/mol. The molecule has 0 aromatic carbocycles. The van der Waals surface area contributed by atoms with Gasteiger partial charge in [0.15, 0.2) is 0 Å². The quantitative estimate of drug-likeness (QED) is 0.615. The highest BCUT2D eigenvalue weighted by atomic mass is 79.9.